The molecule has 142 valence electrons. The molecule has 2 aliphatic rings. The van der Waals surface area contributed by atoms with Gasteiger partial charge in [-0.05, 0) is 30.5 Å². The lowest BCUT2D eigenvalue weighted by Gasteiger charge is -2.27. The van der Waals surface area contributed by atoms with Gasteiger partial charge in [0.25, 0.3) is 11.8 Å². The van der Waals surface area contributed by atoms with Crippen molar-refractivity contribution < 1.29 is 22.8 Å². The zero-order valence-corrected chi connectivity index (χ0v) is 14.3. The second-order valence-electron chi connectivity index (χ2n) is 6.81. The van der Waals surface area contributed by atoms with Crippen molar-refractivity contribution in [3.05, 3.63) is 52.8 Å². The average Bonchev–Trinajstić information content (AvgIpc) is 3.32. The van der Waals surface area contributed by atoms with Crippen LogP contribution in [-0.2, 0) is 19.3 Å². The minimum atomic E-state index is -4.39. The Bertz CT molecular complexity index is 885. The van der Waals surface area contributed by atoms with Crippen LogP contribution in [0, 0.1) is 0 Å². The predicted molar refractivity (Wildman–Crippen MR) is 88.9 cm³/mol. The third kappa shape index (κ3) is 3.67. The van der Waals surface area contributed by atoms with Crippen molar-refractivity contribution in [2.45, 2.75) is 38.1 Å². The lowest BCUT2D eigenvalue weighted by molar-refractivity contribution is -0.137. The Morgan fingerprint density at radius 3 is 2.52 bits per heavy atom. The summed E-state index contributed by atoms with van der Waals surface area (Å²) in [6.45, 7) is 1.00. The van der Waals surface area contributed by atoms with Crippen LogP contribution in [0.4, 0.5) is 13.2 Å². The van der Waals surface area contributed by atoms with E-state index in [1.165, 1.54) is 22.9 Å². The van der Waals surface area contributed by atoms with E-state index in [0.29, 0.717) is 24.3 Å². The number of amides is 2. The molecule has 27 heavy (non-hydrogen) atoms. The van der Waals surface area contributed by atoms with E-state index >= 15 is 0 Å². The molecule has 0 atom stereocenters. The summed E-state index contributed by atoms with van der Waals surface area (Å²) in [6, 6.07) is 6.43. The first-order valence-corrected chi connectivity index (χ1v) is 8.65. The number of fused-ring (bicyclic) bond motifs is 1. The number of alkyl halides is 3. The first-order chi connectivity index (χ1) is 12.8. The molecular formula is C18H17F3N4O2. The number of aromatic nitrogens is 2. The SMILES string of the molecule is O=C(NC1CC1)c1cc2n(n1)CCN(Cc1ccc(C(F)(F)F)cc1)C2=O. The summed E-state index contributed by atoms with van der Waals surface area (Å²) in [4.78, 5) is 26.3. The molecule has 1 fully saturated rings. The molecule has 4 rings (SSSR count). The minimum absolute atomic E-state index is 0.197. The maximum atomic E-state index is 12.7. The topological polar surface area (TPSA) is 67.2 Å². The van der Waals surface area contributed by atoms with Gasteiger partial charge in [-0.2, -0.15) is 18.3 Å². The van der Waals surface area contributed by atoms with Crippen LogP contribution in [0.1, 0.15) is 44.9 Å². The molecule has 1 aliphatic carbocycles. The van der Waals surface area contributed by atoms with Gasteiger partial charge in [0.1, 0.15) is 5.69 Å². The van der Waals surface area contributed by atoms with E-state index in [9.17, 15) is 22.8 Å². The van der Waals surface area contributed by atoms with Crippen molar-refractivity contribution >= 4 is 11.8 Å². The van der Waals surface area contributed by atoms with Crippen LogP contribution in [0.25, 0.3) is 0 Å². The van der Waals surface area contributed by atoms with E-state index in [1.54, 1.807) is 4.90 Å². The molecular weight excluding hydrogens is 361 g/mol. The summed E-state index contributed by atoms with van der Waals surface area (Å²) in [6.07, 6.45) is -2.47. The van der Waals surface area contributed by atoms with Gasteiger partial charge in [0.05, 0.1) is 12.1 Å². The fourth-order valence-corrected chi connectivity index (χ4v) is 3.01. The number of benzene rings is 1. The van der Waals surface area contributed by atoms with Gasteiger partial charge in [0, 0.05) is 25.2 Å². The van der Waals surface area contributed by atoms with Crippen LogP contribution < -0.4 is 5.32 Å². The molecule has 1 aromatic heterocycles. The lowest BCUT2D eigenvalue weighted by atomic mass is 10.1. The highest BCUT2D eigenvalue weighted by Gasteiger charge is 2.31. The van der Waals surface area contributed by atoms with Crippen molar-refractivity contribution in [3.8, 4) is 0 Å². The molecule has 0 unspecified atom stereocenters. The fraction of sp³-hybridized carbons (Fsp3) is 0.389. The van der Waals surface area contributed by atoms with Gasteiger partial charge in [-0.1, -0.05) is 12.1 Å². The summed E-state index contributed by atoms with van der Waals surface area (Å²) in [5, 5.41) is 7.03. The third-order valence-electron chi connectivity index (χ3n) is 4.67. The summed E-state index contributed by atoms with van der Waals surface area (Å²) < 4.78 is 39.5. The van der Waals surface area contributed by atoms with Crippen LogP contribution in [-0.4, -0.2) is 39.1 Å². The Morgan fingerprint density at radius 2 is 1.89 bits per heavy atom. The first-order valence-electron chi connectivity index (χ1n) is 8.65. The Balaban J connectivity index is 1.46. The highest BCUT2D eigenvalue weighted by molar-refractivity contribution is 5.98. The van der Waals surface area contributed by atoms with Crippen molar-refractivity contribution in [2.75, 3.05) is 6.54 Å². The van der Waals surface area contributed by atoms with Crippen LogP contribution in [0.15, 0.2) is 30.3 Å². The number of rotatable bonds is 4. The van der Waals surface area contributed by atoms with Gasteiger partial charge in [-0.15, -0.1) is 0 Å². The van der Waals surface area contributed by atoms with E-state index in [-0.39, 0.29) is 30.1 Å². The molecule has 0 radical (unpaired) electrons. The Labute approximate surface area is 152 Å². The van der Waals surface area contributed by atoms with Crippen LogP contribution in [0.3, 0.4) is 0 Å². The molecule has 1 aromatic carbocycles. The Kier molecular flexibility index (Phi) is 4.16. The van der Waals surface area contributed by atoms with Crippen molar-refractivity contribution in [1.29, 1.82) is 0 Å². The van der Waals surface area contributed by atoms with E-state index in [1.807, 2.05) is 0 Å². The molecule has 6 nitrogen and oxygen atoms in total. The van der Waals surface area contributed by atoms with Gasteiger partial charge >= 0.3 is 6.18 Å². The number of hydrogen-bond donors (Lipinski definition) is 1. The number of nitrogens with zero attached hydrogens (tertiary/aromatic N) is 3. The number of carbonyl (C=O) groups excluding carboxylic acids is 2. The van der Waals surface area contributed by atoms with Crippen LogP contribution >= 0.6 is 0 Å². The Hall–Kier alpha value is -2.84. The fourth-order valence-electron chi connectivity index (χ4n) is 3.01. The predicted octanol–water partition coefficient (Wildman–Crippen LogP) is 2.45. The molecule has 0 spiro atoms. The third-order valence-corrected chi connectivity index (χ3v) is 4.67. The number of hydrogen-bond acceptors (Lipinski definition) is 3. The zero-order chi connectivity index (χ0) is 19.2. The van der Waals surface area contributed by atoms with Gasteiger partial charge in [0.15, 0.2) is 5.69 Å². The number of nitrogens with one attached hydrogen (secondary N) is 1. The van der Waals surface area contributed by atoms with Gasteiger partial charge in [-0.3, -0.25) is 14.3 Å². The quantitative estimate of drug-likeness (QED) is 0.889. The second kappa shape index (κ2) is 6.40. The average molecular weight is 378 g/mol. The first kappa shape index (κ1) is 17.6. The molecule has 1 N–H and O–H groups in total. The number of halogens is 3. The maximum absolute atomic E-state index is 12.7. The Morgan fingerprint density at radius 1 is 1.19 bits per heavy atom. The van der Waals surface area contributed by atoms with Crippen LogP contribution in [0.5, 0.6) is 0 Å². The molecule has 0 saturated heterocycles. The summed E-state index contributed by atoms with van der Waals surface area (Å²) in [5.41, 5.74) is 0.410. The minimum Gasteiger partial charge on any atom is -0.348 e. The molecule has 2 aromatic rings. The monoisotopic (exact) mass is 378 g/mol. The molecule has 2 heterocycles. The summed E-state index contributed by atoms with van der Waals surface area (Å²) in [7, 11) is 0. The van der Waals surface area contributed by atoms with Gasteiger partial charge in [0.2, 0.25) is 0 Å². The van der Waals surface area contributed by atoms with Crippen molar-refractivity contribution in [3.63, 3.8) is 0 Å². The zero-order valence-electron chi connectivity index (χ0n) is 14.3. The van der Waals surface area contributed by atoms with Gasteiger partial charge in [-0.25, -0.2) is 0 Å². The maximum Gasteiger partial charge on any atom is 0.416 e. The van der Waals surface area contributed by atoms with E-state index in [2.05, 4.69) is 10.4 Å². The van der Waals surface area contributed by atoms with E-state index in [0.717, 1.165) is 25.0 Å². The van der Waals surface area contributed by atoms with Crippen molar-refractivity contribution in [1.82, 2.24) is 20.0 Å². The van der Waals surface area contributed by atoms with E-state index in [4.69, 9.17) is 0 Å². The molecule has 2 amide bonds. The normalized spacial score (nSPS) is 17.0. The highest BCUT2D eigenvalue weighted by Crippen LogP contribution is 2.29. The molecule has 0 bridgehead atoms. The standard InChI is InChI=1S/C18H17F3N4O2/c19-18(20,21)12-3-1-11(2-4-12)10-24-7-8-25-15(17(24)27)9-14(23-25)16(26)22-13-5-6-13/h1-4,9,13H,5-8,10H2,(H,22,26). The molecule has 1 aliphatic heterocycles. The second-order valence-corrected chi connectivity index (χ2v) is 6.81. The highest BCUT2D eigenvalue weighted by atomic mass is 19.4. The lowest BCUT2D eigenvalue weighted by Crippen LogP contribution is -2.39. The largest absolute Gasteiger partial charge is 0.416 e. The smallest absolute Gasteiger partial charge is 0.348 e. The number of carbonyl (C=O) groups is 2. The van der Waals surface area contributed by atoms with Gasteiger partial charge < -0.3 is 10.2 Å². The molecule has 1 saturated carbocycles. The molecule has 9 heteroatoms. The van der Waals surface area contributed by atoms with Crippen LogP contribution in [0.2, 0.25) is 0 Å². The van der Waals surface area contributed by atoms with E-state index < -0.39 is 11.7 Å². The van der Waals surface area contributed by atoms with Crippen molar-refractivity contribution in [2.24, 2.45) is 0 Å². The summed E-state index contributed by atoms with van der Waals surface area (Å²) in [5.74, 6) is -0.583. The summed E-state index contributed by atoms with van der Waals surface area (Å²) >= 11 is 0.